The van der Waals surface area contributed by atoms with Crippen LogP contribution in [0.25, 0.3) is 0 Å². The van der Waals surface area contributed by atoms with Gasteiger partial charge in [0.25, 0.3) is 0 Å². The first kappa shape index (κ1) is 25.4. The third kappa shape index (κ3) is 8.31. The van der Waals surface area contributed by atoms with Crippen molar-refractivity contribution < 1.29 is 22.7 Å². The van der Waals surface area contributed by atoms with Crippen LogP contribution >= 0.6 is 0 Å². The van der Waals surface area contributed by atoms with Gasteiger partial charge in [0.05, 0.1) is 19.1 Å². The Morgan fingerprint density at radius 2 is 1.74 bits per heavy atom. The summed E-state index contributed by atoms with van der Waals surface area (Å²) in [7, 11) is -0.808. The molecular formula is C22H37N3O5S. The Hall–Kier alpha value is -1.84. The molecule has 9 heteroatoms. The maximum Gasteiger partial charge on any atom is 0.240 e. The van der Waals surface area contributed by atoms with E-state index in [0.29, 0.717) is 18.0 Å². The molecule has 31 heavy (non-hydrogen) atoms. The molecule has 1 amide bonds. The lowest BCUT2D eigenvalue weighted by atomic mass is 9.92. The van der Waals surface area contributed by atoms with Crippen LogP contribution < -0.4 is 19.5 Å². The fourth-order valence-corrected chi connectivity index (χ4v) is 5.16. The number of amides is 1. The zero-order valence-corrected chi connectivity index (χ0v) is 20.0. The van der Waals surface area contributed by atoms with E-state index in [9.17, 15) is 13.2 Å². The summed E-state index contributed by atoms with van der Waals surface area (Å²) in [5.74, 6) is 2.13. The van der Waals surface area contributed by atoms with E-state index < -0.39 is 10.0 Å². The van der Waals surface area contributed by atoms with Gasteiger partial charge in [-0.2, -0.15) is 0 Å². The topological polar surface area (TPSA) is 97.0 Å². The third-order valence-electron chi connectivity index (χ3n) is 5.48. The second-order valence-electron chi connectivity index (χ2n) is 8.43. The highest BCUT2D eigenvalue weighted by atomic mass is 32.2. The Morgan fingerprint density at radius 3 is 2.39 bits per heavy atom. The summed E-state index contributed by atoms with van der Waals surface area (Å²) in [5, 5.41) is 2.87. The van der Waals surface area contributed by atoms with Gasteiger partial charge >= 0.3 is 0 Å². The molecular weight excluding hydrogens is 418 g/mol. The summed E-state index contributed by atoms with van der Waals surface area (Å²) in [6, 6.07) is 4.37. The SMILES string of the molecule is COc1ccc(S(=O)(=O)NCCC(=O)NCCCCN2CC(C)CC(C)C2)cc1OC. The smallest absolute Gasteiger partial charge is 0.240 e. The van der Waals surface area contributed by atoms with Crippen LogP contribution in [0.2, 0.25) is 0 Å². The first-order valence-electron chi connectivity index (χ1n) is 11.0. The molecule has 1 aromatic carbocycles. The molecule has 1 aliphatic heterocycles. The lowest BCUT2D eigenvalue weighted by Gasteiger charge is -2.34. The number of nitrogens with one attached hydrogen (secondary N) is 2. The molecule has 8 nitrogen and oxygen atoms in total. The Labute approximate surface area is 186 Å². The number of hydrogen-bond acceptors (Lipinski definition) is 6. The summed E-state index contributed by atoms with van der Waals surface area (Å²) >= 11 is 0. The minimum atomic E-state index is -3.74. The highest BCUT2D eigenvalue weighted by Crippen LogP contribution is 2.29. The van der Waals surface area contributed by atoms with Crippen LogP contribution in [-0.4, -0.2) is 66.2 Å². The van der Waals surface area contributed by atoms with Crippen molar-refractivity contribution >= 4 is 15.9 Å². The van der Waals surface area contributed by atoms with Crippen LogP contribution in [0.5, 0.6) is 11.5 Å². The minimum absolute atomic E-state index is 0.0338. The van der Waals surface area contributed by atoms with Gasteiger partial charge in [-0.05, 0) is 49.8 Å². The number of rotatable bonds is 12. The molecule has 1 aliphatic rings. The molecule has 2 atom stereocenters. The number of benzene rings is 1. The quantitative estimate of drug-likeness (QED) is 0.469. The van der Waals surface area contributed by atoms with Gasteiger partial charge < -0.3 is 19.7 Å². The average molecular weight is 456 g/mol. The second-order valence-corrected chi connectivity index (χ2v) is 10.2. The molecule has 0 radical (unpaired) electrons. The van der Waals surface area contributed by atoms with Crippen molar-refractivity contribution in [1.29, 1.82) is 0 Å². The lowest BCUT2D eigenvalue weighted by Crippen LogP contribution is -2.39. The normalized spacial score (nSPS) is 19.7. The summed E-state index contributed by atoms with van der Waals surface area (Å²) in [5.41, 5.74) is 0. The maximum absolute atomic E-state index is 12.4. The van der Waals surface area contributed by atoms with Crippen LogP contribution in [0.1, 0.15) is 39.5 Å². The Bertz CT molecular complexity index is 805. The molecule has 176 valence electrons. The number of methoxy groups -OCH3 is 2. The van der Waals surface area contributed by atoms with Crippen LogP contribution in [0.4, 0.5) is 0 Å². The van der Waals surface area contributed by atoms with Crippen molar-refractivity contribution in [3.63, 3.8) is 0 Å². The van der Waals surface area contributed by atoms with Gasteiger partial charge in [-0.1, -0.05) is 13.8 Å². The molecule has 0 bridgehead atoms. The molecule has 0 aliphatic carbocycles. The van der Waals surface area contributed by atoms with Crippen molar-refractivity contribution in [3.8, 4) is 11.5 Å². The molecule has 2 N–H and O–H groups in total. The fraction of sp³-hybridized carbons (Fsp3) is 0.682. The highest BCUT2D eigenvalue weighted by molar-refractivity contribution is 7.89. The highest BCUT2D eigenvalue weighted by Gasteiger charge is 2.21. The maximum atomic E-state index is 12.4. The van der Waals surface area contributed by atoms with Crippen LogP contribution in [0.15, 0.2) is 23.1 Å². The standard InChI is InChI=1S/C22H37N3O5S/c1-17-13-18(2)16-25(15-17)12-6-5-10-23-22(26)9-11-24-31(27,28)19-7-8-20(29-3)21(14-19)30-4/h7-8,14,17-18,24H,5-6,9-13,15-16H2,1-4H3,(H,23,26). The number of carbonyl (C=O) groups excluding carboxylic acids is 1. The van der Waals surface area contributed by atoms with Gasteiger partial charge in [-0.25, -0.2) is 13.1 Å². The van der Waals surface area contributed by atoms with Gasteiger partial charge in [0.15, 0.2) is 11.5 Å². The first-order chi connectivity index (χ1) is 14.7. The van der Waals surface area contributed by atoms with E-state index in [1.807, 2.05) is 0 Å². The summed E-state index contributed by atoms with van der Waals surface area (Å²) in [4.78, 5) is 14.6. The predicted molar refractivity (Wildman–Crippen MR) is 121 cm³/mol. The van der Waals surface area contributed by atoms with E-state index in [4.69, 9.17) is 9.47 Å². The van der Waals surface area contributed by atoms with E-state index in [0.717, 1.165) is 44.3 Å². The van der Waals surface area contributed by atoms with Gasteiger partial charge in [-0.15, -0.1) is 0 Å². The lowest BCUT2D eigenvalue weighted by molar-refractivity contribution is -0.120. The first-order valence-corrected chi connectivity index (χ1v) is 12.4. The van der Waals surface area contributed by atoms with Crippen molar-refractivity contribution in [2.24, 2.45) is 11.8 Å². The van der Waals surface area contributed by atoms with Crippen molar-refractivity contribution in [3.05, 3.63) is 18.2 Å². The van der Waals surface area contributed by atoms with Crippen molar-refractivity contribution in [2.45, 2.75) is 44.4 Å². The number of piperidine rings is 1. The number of unbranched alkanes of at least 4 members (excludes halogenated alkanes) is 1. The number of likely N-dealkylation sites (tertiary alicyclic amines) is 1. The van der Waals surface area contributed by atoms with E-state index in [2.05, 4.69) is 28.8 Å². The Morgan fingerprint density at radius 1 is 1.06 bits per heavy atom. The Kier molecular flexibility index (Phi) is 10.1. The predicted octanol–water partition coefficient (Wildman–Crippen LogP) is 2.25. The zero-order valence-electron chi connectivity index (χ0n) is 19.1. The summed E-state index contributed by atoms with van der Waals surface area (Å²) < 4.78 is 37.6. The van der Waals surface area contributed by atoms with Gasteiger partial charge in [0.2, 0.25) is 15.9 Å². The Balaban J connectivity index is 1.65. The van der Waals surface area contributed by atoms with E-state index in [-0.39, 0.29) is 23.8 Å². The molecule has 2 rings (SSSR count). The molecule has 2 unspecified atom stereocenters. The van der Waals surface area contributed by atoms with Gasteiger partial charge in [0, 0.05) is 38.7 Å². The van der Waals surface area contributed by atoms with Crippen LogP contribution in [-0.2, 0) is 14.8 Å². The van der Waals surface area contributed by atoms with E-state index in [1.165, 1.54) is 38.8 Å². The number of sulfonamides is 1. The van der Waals surface area contributed by atoms with Gasteiger partial charge in [0.1, 0.15) is 0 Å². The second kappa shape index (κ2) is 12.3. The molecule has 0 spiro atoms. The molecule has 0 aromatic heterocycles. The molecule has 1 aromatic rings. The molecule has 1 fully saturated rings. The van der Waals surface area contributed by atoms with Crippen LogP contribution in [0.3, 0.4) is 0 Å². The zero-order chi connectivity index (χ0) is 22.9. The number of ether oxygens (including phenoxy) is 2. The third-order valence-corrected chi connectivity index (χ3v) is 6.94. The van der Waals surface area contributed by atoms with Crippen molar-refractivity contribution in [1.82, 2.24) is 14.9 Å². The summed E-state index contributed by atoms with van der Waals surface area (Å²) in [6.45, 7) is 8.65. The molecule has 0 saturated carbocycles. The number of nitrogens with zero attached hydrogens (tertiary/aromatic N) is 1. The van der Waals surface area contributed by atoms with Crippen LogP contribution in [0, 0.1) is 11.8 Å². The monoisotopic (exact) mass is 455 g/mol. The molecule has 1 saturated heterocycles. The number of hydrogen-bond donors (Lipinski definition) is 2. The van der Waals surface area contributed by atoms with E-state index in [1.54, 1.807) is 0 Å². The molecule has 1 heterocycles. The fourth-order valence-electron chi connectivity index (χ4n) is 4.12. The summed E-state index contributed by atoms with van der Waals surface area (Å²) in [6.07, 6.45) is 3.37. The van der Waals surface area contributed by atoms with Gasteiger partial charge in [-0.3, -0.25) is 4.79 Å². The average Bonchev–Trinajstić information content (AvgIpc) is 2.72. The van der Waals surface area contributed by atoms with E-state index >= 15 is 0 Å². The number of carbonyl (C=O) groups is 1. The minimum Gasteiger partial charge on any atom is -0.493 e. The largest absolute Gasteiger partial charge is 0.493 e. The van der Waals surface area contributed by atoms with Crippen molar-refractivity contribution in [2.75, 3.05) is 46.9 Å².